The highest BCUT2D eigenvalue weighted by molar-refractivity contribution is 5.70. The van der Waals surface area contributed by atoms with E-state index in [1.165, 1.54) is 0 Å². The summed E-state index contributed by atoms with van der Waals surface area (Å²) in [5.74, 6) is 0.418. The van der Waals surface area contributed by atoms with Gasteiger partial charge in [-0.05, 0) is 30.5 Å². The van der Waals surface area contributed by atoms with Crippen molar-refractivity contribution in [1.82, 2.24) is 0 Å². The van der Waals surface area contributed by atoms with E-state index >= 15 is 0 Å². The number of ether oxygens (including phenoxy) is 1. The van der Waals surface area contributed by atoms with Gasteiger partial charge in [0.25, 0.3) is 0 Å². The average molecular weight is 206 g/mol. The van der Waals surface area contributed by atoms with E-state index in [1.54, 1.807) is 6.07 Å². The first-order chi connectivity index (χ1) is 7.16. The largest absolute Gasteiger partial charge is 0.508 e. The van der Waals surface area contributed by atoms with Gasteiger partial charge >= 0.3 is 5.97 Å². The first-order valence-electron chi connectivity index (χ1n) is 5.12. The molecule has 1 aliphatic rings. The Labute approximate surface area is 88.7 Å². The van der Waals surface area contributed by atoms with Gasteiger partial charge in [0.2, 0.25) is 0 Å². The van der Waals surface area contributed by atoms with E-state index in [0.29, 0.717) is 18.8 Å². The van der Waals surface area contributed by atoms with Crippen LogP contribution in [0.3, 0.4) is 0 Å². The first-order valence-corrected chi connectivity index (χ1v) is 5.12. The number of phenolic OH excluding ortho intramolecular Hbond substituents is 1. The Morgan fingerprint density at radius 2 is 2.27 bits per heavy atom. The third-order valence-electron chi connectivity index (χ3n) is 2.85. The topological polar surface area (TPSA) is 46.5 Å². The summed E-state index contributed by atoms with van der Waals surface area (Å²) < 4.78 is 4.99. The third kappa shape index (κ3) is 2.12. The Balaban J connectivity index is 2.16. The summed E-state index contributed by atoms with van der Waals surface area (Å²) in [5.41, 5.74) is 1.91. The van der Waals surface area contributed by atoms with Crippen LogP contribution in [-0.2, 0) is 9.53 Å². The van der Waals surface area contributed by atoms with Gasteiger partial charge in [-0.15, -0.1) is 0 Å². The van der Waals surface area contributed by atoms with E-state index in [2.05, 4.69) is 0 Å². The second-order valence-electron chi connectivity index (χ2n) is 3.96. The fourth-order valence-electron chi connectivity index (χ4n) is 1.78. The number of esters is 1. The Bertz CT molecular complexity index is 374. The molecule has 0 aromatic heterocycles. The molecular formula is C12H14O3. The summed E-state index contributed by atoms with van der Waals surface area (Å²) >= 11 is 0. The molecule has 1 unspecified atom stereocenters. The van der Waals surface area contributed by atoms with Gasteiger partial charge in [-0.3, -0.25) is 4.79 Å². The van der Waals surface area contributed by atoms with Crippen molar-refractivity contribution in [2.45, 2.75) is 25.7 Å². The minimum Gasteiger partial charge on any atom is -0.508 e. The molecule has 1 aromatic rings. The number of carbonyl (C=O) groups excluding carboxylic acids is 1. The maximum absolute atomic E-state index is 10.9. The first kappa shape index (κ1) is 10.0. The van der Waals surface area contributed by atoms with Crippen molar-refractivity contribution in [3.05, 3.63) is 29.3 Å². The smallest absolute Gasteiger partial charge is 0.305 e. The van der Waals surface area contributed by atoms with E-state index in [1.807, 2.05) is 19.1 Å². The molecule has 1 saturated heterocycles. The van der Waals surface area contributed by atoms with Gasteiger partial charge in [-0.1, -0.05) is 12.1 Å². The van der Waals surface area contributed by atoms with Crippen molar-refractivity contribution in [2.24, 2.45) is 0 Å². The highest BCUT2D eigenvalue weighted by Crippen LogP contribution is 2.29. The molecule has 3 heteroatoms. The SMILES string of the molecule is Cc1ccc(C2CCC(=O)OC2)cc1O. The van der Waals surface area contributed by atoms with Crippen LogP contribution in [0.25, 0.3) is 0 Å². The lowest BCUT2D eigenvalue weighted by Crippen LogP contribution is -2.20. The molecular weight excluding hydrogens is 192 g/mol. The monoisotopic (exact) mass is 206 g/mol. The Morgan fingerprint density at radius 1 is 1.47 bits per heavy atom. The molecule has 0 amide bonds. The normalized spacial score (nSPS) is 21.1. The van der Waals surface area contributed by atoms with Gasteiger partial charge in [0.05, 0.1) is 6.61 Å². The van der Waals surface area contributed by atoms with Gasteiger partial charge in [0, 0.05) is 12.3 Å². The Kier molecular flexibility index (Phi) is 2.62. The van der Waals surface area contributed by atoms with E-state index in [0.717, 1.165) is 17.5 Å². The molecule has 0 aliphatic carbocycles. The predicted octanol–water partition coefficient (Wildman–Crippen LogP) is 2.12. The van der Waals surface area contributed by atoms with Crippen LogP contribution in [0.2, 0.25) is 0 Å². The molecule has 1 atom stereocenters. The van der Waals surface area contributed by atoms with Crippen LogP contribution in [0.5, 0.6) is 5.75 Å². The van der Waals surface area contributed by atoms with Crippen LogP contribution in [0.4, 0.5) is 0 Å². The minimum absolute atomic E-state index is 0.123. The molecule has 1 aromatic carbocycles. The van der Waals surface area contributed by atoms with Crippen LogP contribution in [0, 0.1) is 6.92 Å². The predicted molar refractivity (Wildman–Crippen MR) is 55.8 cm³/mol. The Hall–Kier alpha value is -1.51. The van der Waals surface area contributed by atoms with Crippen molar-refractivity contribution >= 4 is 5.97 Å². The number of benzene rings is 1. The summed E-state index contributed by atoms with van der Waals surface area (Å²) in [4.78, 5) is 10.9. The highest BCUT2D eigenvalue weighted by Gasteiger charge is 2.21. The highest BCUT2D eigenvalue weighted by atomic mass is 16.5. The van der Waals surface area contributed by atoms with E-state index in [-0.39, 0.29) is 11.9 Å². The molecule has 3 nitrogen and oxygen atoms in total. The zero-order chi connectivity index (χ0) is 10.8. The molecule has 80 valence electrons. The fourth-order valence-corrected chi connectivity index (χ4v) is 1.78. The third-order valence-corrected chi connectivity index (χ3v) is 2.85. The molecule has 1 fully saturated rings. The number of rotatable bonds is 1. The van der Waals surface area contributed by atoms with Crippen LogP contribution in [0.15, 0.2) is 18.2 Å². The zero-order valence-electron chi connectivity index (χ0n) is 8.69. The fraction of sp³-hybridized carbons (Fsp3) is 0.417. The van der Waals surface area contributed by atoms with Crippen molar-refractivity contribution in [2.75, 3.05) is 6.61 Å². The number of hydrogen-bond donors (Lipinski definition) is 1. The summed E-state index contributed by atoms with van der Waals surface area (Å²) in [5, 5.41) is 9.57. The lowest BCUT2D eigenvalue weighted by atomic mass is 9.92. The number of phenols is 1. The van der Waals surface area contributed by atoms with Crippen molar-refractivity contribution in [1.29, 1.82) is 0 Å². The van der Waals surface area contributed by atoms with E-state index in [9.17, 15) is 9.90 Å². The molecule has 1 N–H and O–H groups in total. The molecule has 0 radical (unpaired) electrons. The maximum atomic E-state index is 10.9. The lowest BCUT2D eigenvalue weighted by molar-refractivity contribution is -0.147. The maximum Gasteiger partial charge on any atom is 0.305 e. The quantitative estimate of drug-likeness (QED) is 0.716. The van der Waals surface area contributed by atoms with Crippen molar-refractivity contribution < 1.29 is 14.6 Å². The summed E-state index contributed by atoms with van der Waals surface area (Å²) in [6, 6.07) is 5.64. The Morgan fingerprint density at radius 3 is 2.87 bits per heavy atom. The van der Waals surface area contributed by atoms with Gasteiger partial charge in [-0.25, -0.2) is 0 Å². The molecule has 0 spiro atoms. The standard InChI is InChI=1S/C12H14O3/c1-8-2-3-9(6-11(8)13)10-4-5-12(14)15-7-10/h2-3,6,10,13H,4-5,7H2,1H3. The van der Waals surface area contributed by atoms with Crippen molar-refractivity contribution in [3.8, 4) is 5.75 Å². The van der Waals surface area contributed by atoms with Crippen LogP contribution in [0.1, 0.15) is 29.9 Å². The average Bonchev–Trinajstić information content (AvgIpc) is 2.23. The second kappa shape index (κ2) is 3.93. The van der Waals surface area contributed by atoms with Crippen molar-refractivity contribution in [3.63, 3.8) is 0 Å². The molecule has 1 heterocycles. The number of carbonyl (C=O) groups is 1. The van der Waals surface area contributed by atoms with Crippen LogP contribution >= 0.6 is 0 Å². The summed E-state index contributed by atoms with van der Waals surface area (Å²) in [6.45, 7) is 2.29. The molecule has 15 heavy (non-hydrogen) atoms. The van der Waals surface area contributed by atoms with E-state index < -0.39 is 0 Å². The number of aryl methyl sites for hydroxylation is 1. The number of cyclic esters (lactones) is 1. The lowest BCUT2D eigenvalue weighted by Gasteiger charge is -2.22. The molecule has 1 aliphatic heterocycles. The van der Waals surface area contributed by atoms with Crippen LogP contribution in [-0.4, -0.2) is 17.7 Å². The van der Waals surface area contributed by atoms with Gasteiger partial charge in [0.1, 0.15) is 5.75 Å². The summed E-state index contributed by atoms with van der Waals surface area (Å²) in [6.07, 6.45) is 1.28. The van der Waals surface area contributed by atoms with Crippen LogP contribution < -0.4 is 0 Å². The van der Waals surface area contributed by atoms with Gasteiger partial charge < -0.3 is 9.84 Å². The molecule has 2 rings (SSSR count). The van der Waals surface area contributed by atoms with Gasteiger partial charge in [0.15, 0.2) is 0 Å². The second-order valence-corrected chi connectivity index (χ2v) is 3.96. The number of hydrogen-bond acceptors (Lipinski definition) is 3. The van der Waals surface area contributed by atoms with Gasteiger partial charge in [-0.2, -0.15) is 0 Å². The molecule has 0 saturated carbocycles. The zero-order valence-corrected chi connectivity index (χ0v) is 8.69. The minimum atomic E-state index is -0.123. The van der Waals surface area contributed by atoms with E-state index in [4.69, 9.17) is 4.74 Å². The molecule has 0 bridgehead atoms. The number of aromatic hydroxyl groups is 1. The summed E-state index contributed by atoms with van der Waals surface area (Å²) in [7, 11) is 0.